The lowest BCUT2D eigenvalue weighted by Gasteiger charge is -2.23. The largest absolute Gasteiger partial charge is 0.350 e. The fourth-order valence-electron chi connectivity index (χ4n) is 1.61. The summed E-state index contributed by atoms with van der Waals surface area (Å²) in [4.78, 5) is 33.8. The predicted octanol–water partition coefficient (Wildman–Crippen LogP) is -0.0513. The number of hydrogen-bond acceptors (Lipinski definition) is 5. The van der Waals surface area contributed by atoms with Crippen molar-refractivity contribution in [2.45, 2.75) is 25.8 Å². The van der Waals surface area contributed by atoms with Gasteiger partial charge in [0.1, 0.15) is 6.04 Å². The Bertz CT molecular complexity index is 256. The molecule has 1 aliphatic rings. The Labute approximate surface area is 88.6 Å². The van der Waals surface area contributed by atoms with Crippen molar-refractivity contribution in [2.24, 2.45) is 0 Å². The van der Waals surface area contributed by atoms with Crippen LogP contribution < -0.4 is 0 Å². The van der Waals surface area contributed by atoms with Crippen molar-refractivity contribution in [3.63, 3.8) is 0 Å². The molecule has 1 rings (SSSR count). The second-order valence-electron chi connectivity index (χ2n) is 3.40. The molecular weight excluding hydrogens is 200 g/mol. The van der Waals surface area contributed by atoms with Gasteiger partial charge in [-0.05, 0) is 18.1 Å². The molecule has 0 bridgehead atoms. The van der Waals surface area contributed by atoms with Crippen molar-refractivity contribution in [1.82, 2.24) is 10.1 Å². The summed E-state index contributed by atoms with van der Waals surface area (Å²) in [5.74, 6) is -0.554. The van der Waals surface area contributed by atoms with Crippen LogP contribution in [0, 0.1) is 0 Å². The van der Waals surface area contributed by atoms with Crippen molar-refractivity contribution >= 4 is 11.9 Å². The zero-order chi connectivity index (χ0) is 11.4. The van der Waals surface area contributed by atoms with Gasteiger partial charge in [-0.3, -0.25) is 9.63 Å². The van der Waals surface area contributed by atoms with Crippen LogP contribution in [-0.2, 0) is 19.3 Å². The number of likely N-dealkylation sites (tertiary alicyclic amines) is 1. The van der Waals surface area contributed by atoms with Crippen molar-refractivity contribution < 1.29 is 19.3 Å². The molecule has 0 N–H and O–H groups in total. The molecule has 1 heterocycles. The molecule has 1 atom stereocenters. The maximum atomic E-state index is 11.6. The average molecular weight is 216 g/mol. The molecular formula is C9H16N2O4. The first-order valence-corrected chi connectivity index (χ1v) is 4.83. The van der Waals surface area contributed by atoms with Crippen LogP contribution in [0.25, 0.3) is 0 Å². The molecule has 6 nitrogen and oxygen atoms in total. The third-order valence-electron chi connectivity index (χ3n) is 2.40. The lowest BCUT2D eigenvalue weighted by atomic mass is 10.2. The SMILES string of the molecule is CON(C)OC(=O)C1CCCN1C(C)=O. The quantitative estimate of drug-likeness (QED) is 0.619. The average Bonchev–Trinajstić information content (AvgIpc) is 2.65. The summed E-state index contributed by atoms with van der Waals surface area (Å²) in [7, 11) is 2.87. The second kappa shape index (κ2) is 5.09. The maximum absolute atomic E-state index is 11.6. The molecule has 15 heavy (non-hydrogen) atoms. The van der Waals surface area contributed by atoms with E-state index in [1.54, 1.807) is 0 Å². The minimum atomic E-state index is -0.472. The molecule has 1 saturated heterocycles. The van der Waals surface area contributed by atoms with Gasteiger partial charge in [-0.25, -0.2) is 4.79 Å². The van der Waals surface area contributed by atoms with Crippen LogP contribution in [0.15, 0.2) is 0 Å². The summed E-state index contributed by atoms with van der Waals surface area (Å²) in [6.45, 7) is 2.07. The van der Waals surface area contributed by atoms with E-state index in [1.807, 2.05) is 0 Å². The molecule has 0 spiro atoms. The normalized spacial score (nSPS) is 20.8. The van der Waals surface area contributed by atoms with Crippen LogP contribution in [0.4, 0.5) is 0 Å². The molecule has 0 aromatic rings. The summed E-state index contributed by atoms with van der Waals surface area (Å²) >= 11 is 0. The monoisotopic (exact) mass is 216 g/mol. The molecule has 0 radical (unpaired) electrons. The van der Waals surface area contributed by atoms with E-state index in [-0.39, 0.29) is 5.91 Å². The Balaban J connectivity index is 2.55. The Kier molecular flexibility index (Phi) is 4.05. The first-order valence-electron chi connectivity index (χ1n) is 4.83. The summed E-state index contributed by atoms with van der Waals surface area (Å²) in [5, 5.41) is 0.971. The van der Waals surface area contributed by atoms with Crippen LogP contribution in [-0.4, -0.2) is 48.7 Å². The first-order chi connectivity index (χ1) is 7.06. The van der Waals surface area contributed by atoms with E-state index in [9.17, 15) is 9.59 Å². The van der Waals surface area contributed by atoms with Gasteiger partial charge in [0.25, 0.3) is 0 Å². The number of hydroxylamine groups is 2. The zero-order valence-electron chi connectivity index (χ0n) is 9.23. The number of nitrogens with zero attached hydrogens (tertiary/aromatic N) is 2. The van der Waals surface area contributed by atoms with E-state index in [2.05, 4.69) is 4.84 Å². The van der Waals surface area contributed by atoms with Gasteiger partial charge in [0.15, 0.2) is 0 Å². The van der Waals surface area contributed by atoms with Gasteiger partial charge in [0.2, 0.25) is 5.91 Å². The van der Waals surface area contributed by atoms with Crippen LogP contribution in [0.1, 0.15) is 19.8 Å². The molecule has 6 heteroatoms. The third-order valence-corrected chi connectivity index (χ3v) is 2.40. The van der Waals surface area contributed by atoms with Crippen LogP contribution in [0.5, 0.6) is 0 Å². The van der Waals surface area contributed by atoms with Gasteiger partial charge in [-0.2, -0.15) is 0 Å². The number of carbonyl (C=O) groups is 2. The predicted molar refractivity (Wildman–Crippen MR) is 51.3 cm³/mol. The Morgan fingerprint density at radius 2 is 2.13 bits per heavy atom. The van der Waals surface area contributed by atoms with Crippen molar-refractivity contribution in [2.75, 3.05) is 20.7 Å². The number of rotatable bonds is 3. The summed E-state index contributed by atoms with van der Waals surface area (Å²) in [6.07, 6.45) is 1.48. The van der Waals surface area contributed by atoms with Gasteiger partial charge in [-0.1, -0.05) is 0 Å². The first kappa shape index (κ1) is 11.9. The van der Waals surface area contributed by atoms with E-state index < -0.39 is 12.0 Å². The van der Waals surface area contributed by atoms with Crippen LogP contribution >= 0.6 is 0 Å². The Morgan fingerprint density at radius 1 is 1.47 bits per heavy atom. The molecule has 1 unspecified atom stereocenters. The molecule has 0 aromatic heterocycles. The van der Waals surface area contributed by atoms with E-state index >= 15 is 0 Å². The fraction of sp³-hybridized carbons (Fsp3) is 0.778. The molecule has 0 aliphatic carbocycles. The molecule has 86 valence electrons. The van der Waals surface area contributed by atoms with Gasteiger partial charge < -0.3 is 9.74 Å². The van der Waals surface area contributed by atoms with Crippen molar-refractivity contribution in [3.8, 4) is 0 Å². The van der Waals surface area contributed by atoms with Crippen LogP contribution in [0.2, 0.25) is 0 Å². The lowest BCUT2D eigenvalue weighted by Crippen LogP contribution is -2.42. The summed E-state index contributed by atoms with van der Waals surface area (Å²) in [5.41, 5.74) is 0. The van der Waals surface area contributed by atoms with E-state index in [0.717, 1.165) is 11.6 Å². The number of carbonyl (C=O) groups excluding carboxylic acids is 2. The minimum absolute atomic E-state index is 0.102. The van der Waals surface area contributed by atoms with Gasteiger partial charge in [0, 0.05) is 13.5 Å². The second-order valence-corrected chi connectivity index (χ2v) is 3.40. The standard InChI is InChI=1S/C9H16N2O4/c1-7(12)11-6-4-5-8(11)9(13)15-10(2)14-3/h8H,4-6H2,1-3H3. The Hall–Kier alpha value is -1.14. The van der Waals surface area contributed by atoms with Crippen molar-refractivity contribution in [3.05, 3.63) is 0 Å². The fourth-order valence-corrected chi connectivity index (χ4v) is 1.61. The minimum Gasteiger partial charge on any atom is -0.340 e. The third kappa shape index (κ3) is 2.90. The van der Waals surface area contributed by atoms with E-state index in [1.165, 1.54) is 26.0 Å². The lowest BCUT2D eigenvalue weighted by molar-refractivity contribution is -0.319. The van der Waals surface area contributed by atoms with Crippen LogP contribution in [0.3, 0.4) is 0 Å². The maximum Gasteiger partial charge on any atom is 0.350 e. The Morgan fingerprint density at radius 3 is 2.67 bits per heavy atom. The van der Waals surface area contributed by atoms with Gasteiger partial charge in [0.05, 0.1) is 14.2 Å². The number of hydrogen-bond donors (Lipinski definition) is 0. The smallest absolute Gasteiger partial charge is 0.340 e. The topological polar surface area (TPSA) is 59.1 Å². The highest BCUT2D eigenvalue weighted by atomic mass is 17.0. The van der Waals surface area contributed by atoms with Crippen molar-refractivity contribution in [1.29, 1.82) is 0 Å². The molecule has 1 fully saturated rings. The molecule has 1 amide bonds. The van der Waals surface area contributed by atoms with E-state index in [0.29, 0.717) is 13.0 Å². The van der Waals surface area contributed by atoms with Gasteiger partial charge in [-0.15, -0.1) is 0 Å². The molecule has 0 aromatic carbocycles. The molecule has 0 saturated carbocycles. The highest BCUT2D eigenvalue weighted by molar-refractivity contribution is 5.83. The highest BCUT2D eigenvalue weighted by Gasteiger charge is 2.34. The summed E-state index contributed by atoms with van der Waals surface area (Å²) in [6, 6.07) is -0.472. The number of amides is 1. The zero-order valence-corrected chi connectivity index (χ0v) is 9.23. The highest BCUT2D eigenvalue weighted by Crippen LogP contribution is 2.18. The van der Waals surface area contributed by atoms with E-state index in [4.69, 9.17) is 4.84 Å². The molecule has 1 aliphatic heterocycles. The van der Waals surface area contributed by atoms with Gasteiger partial charge >= 0.3 is 5.97 Å². The summed E-state index contributed by atoms with van der Waals surface area (Å²) < 4.78 is 0.